The van der Waals surface area contributed by atoms with E-state index in [-0.39, 0.29) is 23.7 Å². The second-order valence-corrected chi connectivity index (χ2v) is 4.38. The number of nitrogens with zero attached hydrogens (tertiary/aromatic N) is 2. The SMILES string of the molecule is CCOc1ccc(F)c(F)c1-c1c(C#N)c(N)[nH]c(=O)c1C#N. The van der Waals surface area contributed by atoms with E-state index >= 15 is 0 Å². The summed E-state index contributed by atoms with van der Waals surface area (Å²) >= 11 is 0. The standard InChI is InChI=1S/C15H10F2N4O2/c1-2-23-10-4-3-9(16)13(17)12(10)11-7(5-18)14(20)21-15(22)8(11)6-19/h3-4H,2H2,1H3,(H3,20,21,22). The third-order valence-corrected chi connectivity index (χ3v) is 3.07. The largest absolute Gasteiger partial charge is 0.493 e. The van der Waals surface area contributed by atoms with Crippen LogP contribution in [-0.2, 0) is 0 Å². The van der Waals surface area contributed by atoms with E-state index in [1.54, 1.807) is 19.1 Å². The second kappa shape index (κ2) is 6.16. The summed E-state index contributed by atoms with van der Waals surface area (Å²) in [5.41, 5.74) is 2.87. The summed E-state index contributed by atoms with van der Waals surface area (Å²) in [6.07, 6.45) is 0. The first-order valence-corrected chi connectivity index (χ1v) is 6.43. The number of nitrogens with two attached hydrogens (primary N) is 1. The Labute approximate surface area is 129 Å². The summed E-state index contributed by atoms with van der Waals surface area (Å²) in [7, 11) is 0. The zero-order valence-corrected chi connectivity index (χ0v) is 11.9. The number of benzene rings is 1. The van der Waals surface area contributed by atoms with Crippen molar-refractivity contribution in [2.75, 3.05) is 12.3 Å². The number of H-pyrrole nitrogens is 1. The van der Waals surface area contributed by atoms with Gasteiger partial charge in [-0.15, -0.1) is 0 Å². The van der Waals surface area contributed by atoms with Gasteiger partial charge in [0.05, 0.1) is 12.2 Å². The van der Waals surface area contributed by atoms with E-state index in [0.29, 0.717) is 0 Å². The van der Waals surface area contributed by atoms with Crippen LogP contribution in [0.3, 0.4) is 0 Å². The first kappa shape index (κ1) is 16.0. The predicted molar refractivity (Wildman–Crippen MR) is 77.4 cm³/mol. The van der Waals surface area contributed by atoms with Crippen molar-refractivity contribution < 1.29 is 13.5 Å². The highest BCUT2D eigenvalue weighted by atomic mass is 19.2. The Morgan fingerprint density at radius 1 is 1.22 bits per heavy atom. The number of hydrogen-bond donors (Lipinski definition) is 2. The summed E-state index contributed by atoms with van der Waals surface area (Å²) < 4.78 is 33.2. The van der Waals surface area contributed by atoms with Gasteiger partial charge in [-0.1, -0.05) is 0 Å². The molecule has 0 aliphatic rings. The Kier molecular flexibility index (Phi) is 4.28. The Balaban J connectivity index is 3.04. The molecule has 0 atom stereocenters. The van der Waals surface area contributed by atoms with Gasteiger partial charge >= 0.3 is 0 Å². The van der Waals surface area contributed by atoms with Crippen LogP contribution in [0.25, 0.3) is 11.1 Å². The summed E-state index contributed by atoms with van der Waals surface area (Å²) in [5, 5.41) is 18.4. The van der Waals surface area contributed by atoms with Gasteiger partial charge in [-0.05, 0) is 19.1 Å². The molecule has 2 aromatic rings. The minimum Gasteiger partial charge on any atom is -0.493 e. The van der Waals surface area contributed by atoms with E-state index in [1.807, 2.05) is 0 Å². The van der Waals surface area contributed by atoms with Crippen molar-refractivity contribution in [2.45, 2.75) is 6.92 Å². The first-order chi connectivity index (χ1) is 11.0. The monoisotopic (exact) mass is 316 g/mol. The number of aromatic nitrogens is 1. The molecular weight excluding hydrogens is 306 g/mol. The van der Waals surface area contributed by atoms with E-state index in [1.165, 1.54) is 0 Å². The fourth-order valence-electron chi connectivity index (χ4n) is 2.13. The van der Waals surface area contributed by atoms with Crippen molar-refractivity contribution in [3.8, 4) is 29.0 Å². The molecule has 6 nitrogen and oxygen atoms in total. The lowest BCUT2D eigenvalue weighted by atomic mass is 9.95. The zero-order chi connectivity index (χ0) is 17.1. The molecule has 0 aliphatic heterocycles. The maximum absolute atomic E-state index is 14.3. The van der Waals surface area contributed by atoms with Gasteiger partial charge in [0, 0.05) is 5.56 Å². The molecule has 1 aromatic heterocycles. The number of anilines is 1. The van der Waals surface area contributed by atoms with Gasteiger partial charge in [0.25, 0.3) is 5.56 Å². The number of ether oxygens (including phenoxy) is 1. The quantitative estimate of drug-likeness (QED) is 0.899. The van der Waals surface area contributed by atoms with Crippen LogP contribution in [0.5, 0.6) is 5.75 Å². The average Bonchev–Trinajstić information content (AvgIpc) is 2.51. The lowest BCUT2D eigenvalue weighted by Gasteiger charge is -2.14. The Hall–Kier alpha value is -3.39. The Morgan fingerprint density at radius 3 is 2.43 bits per heavy atom. The molecule has 0 bridgehead atoms. The fraction of sp³-hybridized carbons (Fsp3) is 0.133. The van der Waals surface area contributed by atoms with Gasteiger partial charge < -0.3 is 15.5 Å². The second-order valence-electron chi connectivity index (χ2n) is 4.38. The molecule has 1 aromatic carbocycles. The van der Waals surface area contributed by atoms with Gasteiger partial charge in [-0.2, -0.15) is 10.5 Å². The van der Waals surface area contributed by atoms with Crippen molar-refractivity contribution in [3.05, 3.63) is 45.2 Å². The predicted octanol–water partition coefficient (Wildman–Crippen LogP) is 2.04. The number of aromatic amines is 1. The van der Waals surface area contributed by atoms with Crippen molar-refractivity contribution in [1.29, 1.82) is 10.5 Å². The highest BCUT2D eigenvalue weighted by molar-refractivity contribution is 5.83. The van der Waals surface area contributed by atoms with Crippen LogP contribution in [0, 0.1) is 34.3 Å². The van der Waals surface area contributed by atoms with Gasteiger partial charge in [-0.25, -0.2) is 8.78 Å². The summed E-state index contributed by atoms with van der Waals surface area (Å²) in [6, 6.07) is 5.27. The number of hydrogen-bond acceptors (Lipinski definition) is 5. The molecule has 0 saturated carbocycles. The highest BCUT2D eigenvalue weighted by Gasteiger charge is 2.25. The number of rotatable bonds is 3. The van der Waals surface area contributed by atoms with Crippen LogP contribution in [0.2, 0.25) is 0 Å². The molecule has 0 fully saturated rings. The molecule has 0 spiro atoms. The molecule has 0 unspecified atom stereocenters. The molecule has 3 N–H and O–H groups in total. The van der Waals surface area contributed by atoms with E-state index in [9.17, 15) is 24.1 Å². The fourth-order valence-corrected chi connectivity index (χ4v) is 2.13. The topological polar surface area (TPSA) is 116 Å². The van der Waals surface area contributed by atoms with Crippen molar-refractivity contribution in [3.63, 3.8) is 0 Å². The molecular formula is C15H10F2N4O2. The minimum atomic E-state index is -1.34. The molecule has 8 heteroatoms. The van der Waals surface area contributed by atoms with Crippen LogP contribution in [0.4, 0.5) is 14.6 Å². The lowest BCUT2D eigenvalue weighted by molar-refractivity contribution is 0.338. The van der Waals surface area contributed by atoms with Crippen LogP contribution < -0.4 is 16.0 Å². The Bertz CT molecular complexity index is 923. The molecule has 0 amide bonds. The maximum atomic E-state index is 14.3. The van der Waals surface area contributed by atoms with Gasteiger partial charge in [0.15, 0.2) is 11.6 Å². The molecule has 1 heterocycles. The van der Waals surface area contributed by atoms with Crippen LogP contribution in [0.15, 0.2) is 16.9 Å². The van der Waals surface area contributed by atoms with Crippen LogP contribution >= 0.6 is 0 Å². The zero-order valence-electron chi connectivity index (χ0n) is 11.9. The lowest BCUT2D eigenvalue weighted by Crippen LogP contribution is -2.17. The maximum Gasteiger partial charge on any atom is 0.268 e. The van der Waals surface area contributed by atoms with E-state index in [2.05, 4.69) is 4.98 Å². The minimum absolute atomic E-state index is 0.107. The summed E-state index contributed by atoms with van der Waals surface area (Å²) in [6.45, 7) is 1.74. The van der Waals surface area contributed by atoms with Crippen molar-refractivity contribution >= 4 is 5.82 Å². The van der Waals surface area contributed by atoms with Crippen molar-refractivity contribution in [1.82, 2.24) is 4.98 Å². The van der Waals surface area contributed by atoms with Crippen LogP contribution in [0.1, 0.15) is 18.1 Å². The summed E-state index contributed by atoms with van der Waals surface area (Å²) in [5.74, 6) is -3.01. The van der Waals surface area contributed by atoms with Gasteiger partial charge in [0.1, 0.15) is 34.8 Å². The number of nitriles is 2. The van der Waals surface area contributed by atoms with Crippen molar-refractivity contribution in [2.24, 2.45) is 0 Å². The summed E-state index contributed by atoms with van der Waals surface area (Å²) in [4.78, 5) is 14.0. The van der Waals surface area contributed by atoms with E-state index in [0.717, 1.165) is 12.1 Å². The molecule has 0 radical (unpaired) electrons. The van der Waals surface area contributed by atoms with Gasteiger partial charge in [-0.3, -0.25) is 4.79 Å². The molecule has 116 valence electrons. The molecule has 2 rings (SSSR count). The van der Waals surface area contributed by atoms with E-state index in [4.69, 9.17) is 10.5 Å². The Morgan fingerprint density at radius 2 is 1.87 bits per heavy atom. The number of halogens is 2. The number of nitrogens with one attached hydrogen (secondary N) is 1. The average molecular weight is 316 g/mol. The van der Waals surface area contributed by atoms with E-state index < -0.39 is 33.9 Å². The number of pyridine rings is 1. The third kappa shape index (κ3) is 2.58. The van der Waals surface area contributed by atoms with Crippen LogP contribution in [-0.4, -0.2) is 11.6 Å². The normalized spacial score (nSPS) is 9.96. The molecule has 0 aliphatic carbocycles. The van der Waals surface area contributed by atoms with Gasteiger partial charge in [0.2, 0.25) is 0 Å². The molecule has 23 heavy (non-hydrogen) atoms. The molecule has 0 saturated heterocycles. The number of nitrogen functional groups attached to an aromatic ring is 1. The first-order valence-electron chi connectivity index (χ1n) is 6.43. The highest BCUT2D eigenvalue weighted by Crippen LogP contribution is 2.38. The smallest absolute Gasteiger partial charge is 0.268 e. The third-order valence-electron chi connectivity index (χ3n) is 3.07.